The molecule has 1 aliphatic rings. The fraction of sp³-hybridized carbons (Fsp3) is 0.167. The molecule has 1 N–H and O–H groups in total. The van der Waals surface area contributed by atoms with Crippen molar-refractivity contribution < 1.29 is 36.0 Å². The molecule has 1 fully saturated rings. The normalized spacial score (nSPS) is 16.2. The largest absolute Gasteiger partial charge is 0.501 e. The highest BCUT2D eigenvalue weighted by molar-refractivity contribution is 7.92. The summed E-state index contributed by atoms with van der Waals surface area (Å²) in [5, 5.41) is 3.10. The number of hydrogen-bond acceptors (Lipinski definition) is 6. The van der Waals surface area contributed by atoms with Crippen LogP contribution in [0.25, 0.3) is 0 Å². The molecule has 38 heavy (non-hydrogen) atoms. The van der Waals surface area contributed by atoms with Gasteiger partial charge in [-0.25, -0.2) is 23.1 Å². The van der Waals surface area contributed by atoms with Gasteiger partial charge in [0, 0.05) is 23.3 Å². The molecule has 4 amide bonds. The summed E-state index contributed by atoms with van der Waals surface area (Å²) in [6.45, 7) is 1.43. The topological polar surface area (TPSA) is 117 Å². The van der Waals surface area contributed by atoms with Crippen molar-refractivity contribution in [2.24, 2.45) is 0 Å². The van der Waals surface area contributed by atoms with Crippen LogP contribution in [0.5, 0.6) is 0 Å². The fourth-order valence-corrected chi connectivity index (χ4v) is 4.57. The first-order valence-corrected chi connectivity index (χ1v) is 12.7. The van der Waals surface area contributed by atoms with Crippen LogP contribution in [0.3, 0.4) is 0 Å². The van der Waals surface area contributed by atoms with E-state index in [9.17, 15) is 36.0 Å². The van der Waals surface area contributed by atoms with E-state index in [2.05, 4.69) is 10.3 Å². The summed E-state index contributed by atoms with van der Waals surface area (Å²) in [4.78, 5) is 43.4. The minimum atomic E-state index is -5.58. The van der Waals surface area contributed by atoms with E-state index in [0.717, 1.165) is 17.0 Å². The van der Waals surface area contributed by atoms with Gasteiger partial charge in [-0.05, 0) is 73.2 Å². The molecule has 14 heteroatoms. The van der Waals surface area contributed by atoms with Crippen LogP contribution in [-0.2, 0) is 21.2 Å². The Kier molecular flexibility index (Phi) is 7.17. The minimum Gasteiger partial charge on any atom is -0.308 e. The smallest absolute Gasteiger partial charge is 0.308 e. The molecule has 0 spiro atoms. The molecule has 4 rings (SSSR count). The van der Waals surface area contributed by atoms with Crippen molar-refractivity contribution in [2.45, 2.75) is 29.9 Å². The van der Waals surface area contributed by atoms with E-state index in [1.165, 1.54) is 36.2 Å². The molecular formula is C24H18ClF3N4O5S. The lowest BCUT2D eigenvalue weighted by Crippen LogP contribution is -2.33. The first-order chi connectivity index (χ1) is 17.8. The van der Waals surface area contributed by atoms with E-state index in [1.54, 1.807) is 18.2 Å². The van der Waals surface area contributed by atoms with E-state index in [-0.39, 0.29) is 18.1 Å². The summed E-state index contributed by atoms with van der Waals surface area (Å²) in [6.07, 6.45) is 1.41. The van der Waals surface area contributed by atoms with Crippen molar-refractivity contribution in [1.82, 2.24) is 9.88 Å². The summed E-state index contributed by atoms with van der Waals surface area (Å²) in [5.74, 6) is -0.882. The Bertz CT molecular complexity index is 1510. The fourth-order valence-electron chi connectivity index (χ4n) is 3.69. The van der Waals surface area contributed by atoms with Crippen LogP contribution in [0.1, 0.15) is 22.8 Å². The van der Waals surface area contributed by atoms with Crippen LogP contribution in [0.2, 0.25) is 5.02 Å². The maximum atomic E-state index is 13.1. The number of pyridine rings is 1. The zero-order valence-electron chi connectivity index (χ0n) is 19.4. The van der Waals surface area contributed by atoms with Crippen LogP contribution in [0, 0.1) is 0 Å². The van der Waals surface area contributed by atoms with Crippen molar-refractivity contribution in [2.75, 3.05) is 10.2 Å². The van der Waals surface area contributed by atoms with Crippen molar-refractivity contribution in [3.63, 3.8) is 0 Å². The summed E-state index contributed by atoms with van der Waals surface area (Å²) in [6, 6.07) is 10.9. The molecule has 1 aliphatic heterocycles. The highest BCUT2D eigenvalue weighted by Gasteiger charge is 2.47. The Morgan fingerprint density at radius 3 is 2.29 bits per heavy atom. The van der Waals surface area contributed by atoms with Crippen LogP contribution in [0.4, 0.5) is 29.5 Å². The van der Waals surface area contributed by atoms with E-state index in [1.807, 2.05) is 0 Å². The first-order valence-electron chi connectivity index (χ1n) is 10.9. The third-order valence-electron chi connectivity index (χ3n) is 5.72. The van der Waals surface area contributed by atoms with E-state index >= 15 is 0 Å². The van der Waals surface area contributed by atoms with Gasteiger partial charge in [0.05, 0.1) is 10.6 Å². The molecule has 0 saturated carbocycles. The van der Waals surface area contributed by atoms with Gasteiger partial charge in [-0.2, -0.15) is 13.2 Å². The number of benzene rings is 2. The predicted molar refractivity (Wildman–Crippen MR) is 131 cm³/mol. The Morgan fingerprint density at radius 1 is 1.05 bits per heavy atom. The maximum Gasteiger partial charge on any atom is 0.501 e. The Balaban J connectivity index is 1.50. The van der Waals surface area contributed by atoms with Crippen LogP contribution in [-0.4, -0.2) is 47.7 Å². The number of nitrogens with one attached hydrogen (secondary N) is 1. The number of imide groups is 1. The molecular weight excluding hydrogens is 549 g/mol. The van der Waals surface area contributed by atoms with Gasteiger partial charge in [-0.15, -0.1) is 0 Å². The number of carbonyl (C=O) groups excluding carboxylic acids is 3. The number of hydrogen-bond donors (Lipinski definition) is 1. The van der Waals surface area contributed by atoms with Gasteiger partial charge < -0.3 is 10.2 Å². The minimum absolute atomic E-state index is 0.0465. The van der Waals surface area contributed by atoms with Gasteiger partial charge in [0.25, 0.3) is 21.7 Å². The van der Waals surface area contributed by atoms with Crippen LogP contribution < -0.4 is 10.2 Å². The number of carbonyl (C=O) groups is 3. The summed E-state index contributed by atoms with van der Waals surface area (Å²) in [7, 11) is -5.58. The summed E-state index contributed by atoms with van der Waals surface area (Å²) < 4.78 is 61.6. The van der Waals surface area contributed by atoms with Crippen molar-refractivity contribution >= 4 is 50.8 Å². The molecule has 0 aliphatic carbocycles. The SMILES string of the molecule is CC1C(=O)N(c2ccc(S(=O)(=O)C(F)(F)F)cc2)C(=O)N1Cc1ccnc(NC(=O)c2ccc(Cl)cc2)c1. The van der Waals surface area contributed by atoms with Gasteiger partial charge >= 0.3 is 11.5 Å². The van der Waals surface area contributed by atoms with Crippen molar-refractivity contribution in [1.29, 1.82) is 0 Å². The molecule has 1 unspecified atom stereocenters. The monoisotopic (exact) mass is 566 g/mol. The lowest BCUT2D eigenvalue weighted by atomic mass is 10.2. The molecule has 0 bridgehead atoms. The summed E-state index contributed by atoms with van der Waals surface area (Å²) >= 11 is 5.83. The molecule has 1 aromatic heterocycles. The number of sulfone groups is 1. The number of aromatic nitrogens is 1. The van der Waals surface area contributed by atoms with Gasteiger partial charge in [0.2, 0.25) is 0 Å². The van der Waals surface area contributed by atoms with E-state index in [4.69, 9.17) is 11.6 Å². The Hall–Kier alpha value is -3.97. The van der Waals surface area contributed by atoms with Crippen molar-refractivity contribution in [3.05, 3.63) is 83.0 Å². The lowest BCUT2D eigenvalue weighted by Gasteiger charge is -2.20. The molecule has 3 aromatic rings. The Labute approximate surface area is 219 Å². The molecule has 1 atom stereocenters. The van der Waals surface area contributed by atoms with Gasteiger partial charge in [-0.1, -0.05) is 11.6 Å². The number of anilines is 2. The van der Waals surface area contributed by atoms with Crippen LogP contribution >= 0.6 is 11.6 Å². The van der Waals surface area contributed by atoms with Crippen molar-refractivity contribution in [3.8, 4) is 0 Å². The lowest BCUT2D eigenvalue weighted by molar-refractivity contribution is -0.119. The maximum absolute atomic E-state index is 13.1. The van der Waals surface area contributed by atoms with Crippen LogP contribution in [0.15, 0.2) is 71.8 Å². The summed E-state index contributed by atoms with van der Waals surface area (Å²) in [5.41, 5.74) is -4.69. The third kappa shape index (κ3) is 5.20. The zero-order valence-corrected chi connectivity index (χ0v) is 21.0. The third-order valence-corrected chi connectivity index (χ3v) is 7.47. The number of halogens is 4. The average Bonchev–Trinajstić information content (AvgIpc) is 3.07. The molecule has 2 heterocycles. The number of urea groups is 1. The highest BCUT2D eigenvalue weighted by atomic mass is 35.5. The average molecular weight is 567 g/mol. The number of amides is 4. The molecule has 0 radical (unpaired) electrons. The molecule has 1 saturated heterocycles. The number of alkyl halides is 3. The van der Waals surface area contributed by atoms with Gasteiger partial charge in [0.15, 0.2) is 0 Å². The Morgan fingerprint density at radius 2 is 1.68 bits per heavy atom. The second kappa shape index (κ2) is 10.1. The molecule has 198 valence electrons. The quantitative estimate of drug-likeness (QED) is 0.435. The molecule has 2 aromatic carbocycles. The van der Waals surface area contributed by atoms with E-state index < -0.39 is 44.1 Å². The number of rotatable bonds is 6. The van der Waals surface area contributed by atoms with Gasteiger partial charge in [-0.3, -0.25) is 9.59 Å². The standard InChI is InChI=1S/C24H18ClF3N4O5S/c1-14-22(34)32(18-6-8-19(9-7-18)38(36,37)24(26,27)28)23(35)31(14)13-15-10-11-29-20(12-15)30-21(33)16-2-4-17(25)5-3-16/h2-12,14H,13H2,1H3,(H,29,30,33). The zero-order chi connectivity index (χ0) is 27.8. The number of nitrogens with zero attached hydrogens (tertiary/aromatic N) is 3. The first kappa shape index (κ1) is 27.1. The van der Waals surface area contributed by atoms with Gasteiger partial charge in [0.1, 0.15) is 11.9 Å². The predicted octanol–water partition coefficient (Wildman–Crippen LogP) is 4.64. The highest BCUT2D eigenvalue weighted by Crippen LogP contribution is 2.33. The molecule has 9 nitrogen and oxygen atoms in total. The second-order valence-corrected chi connectivity index (χ2v) is 10.6. The van der Waals surface area contributed by atoms with E-state index in [0.29, 0.717) is 28.3 Å². The second-order valence-electron chi connectivity index (χ2n) is 8.21.